The van der Waals surface area contributed by atoms with E-state index in [4.69, 9.17) is 9.47 Å². The number of carbonyl (C=O) groups is 2. The van der Waals surface area contributed by atoms with Crippen molar-refractivity contribution in [2.24, 2.45) is 46.3 Å². The zero-order chi connectivity index (χ0) is 28.0. The van der Waals surface area contributed by atoms with Gasteiger partial charge in [-0.05, 0) is 80.0 Å². The molecule has 4 aliphatic carbocycles. The van der Waals surface area contributed by atoms with Gasteiger partial charge in [-0.3, -0.25) is 9.59 Å². The first-order valence-corrected chi connectivity index (χ1v) is 14.8. The van der Waals surface area contributed by atoms with Crippen LogP contribution in [0.3, 0.4) is 0 Å². The van der Waals surface area contributed by atoms with Crippen molar-refractivity contribution >= 4 is 11.9 Å². The van der Waals surface area contributed by atoms with E-state index >= 15 is 0 Å². The van der Waals surface area contributed by atoms with Crippen LogP contribution < -0.4 is 0 Å². The molecule has 38 heavy (non-hydrogen) atoms. The molecule has 3 saturated carbocycles. The van der Waals surface area contributed by atoms with E-state index in [0.29, 0.717) is 43.1 Å². The van der Waals surface area contributed by atoms with Gasteiger partial charge in [-0.2, -0.15) is 0 Å². The van der Waals surface area contributed by atoms with Crippen LogP contribution in [0.1, 0.15) is 92.9 Å². The quantitative estimate of drug-likeness (QED) is 0.313. The number of aliphatic hydroxyl groups is 2. The predicted molar refractivity (Wildman–Crippen MR) is 147 cm³/mol. The van der Waals surface area contributed by atoms with Gasteiger partial charge in [-0.25, -0.2) is 0 Å². The Hall–Kier alpha value is -1.66. The maximum Gasteiger partial charge on any atom is 0.302 e. The van der Waals surface area contributed by atoms with Crippen molar-refractivity contribution < 1.29 is 29.3 Å². The van der Waals surface area contributed by atoms with Crippen molar-refractivity contribution in [3.05, 3.63) is 23.8 Å². The van der Waals surface area contributed by atoms with E-state index in [2.05, 4.69) is 40.3 Å². The van der Waals surface area contributed by atoms with Gasteiger partial charge in [0.25, 0.3) is 0 Å². The van der Waals surface area contributed by atoms with Crippen LogP contribution in [-0.2, 0) is 19.1 Å². The fourth-order valence-electron chi connectivity index (χ4n) is 9.21. The molecule has 0 spiro atoms. The van der Waals surface area contributed by atoms with Crippen molar-refractivity contribution in [2.45, 2.75) is 111 Å². The van der Waals surface area contributed by atoms with Gasteiger partial charge in [0.05, 0.1) is 18.8 Å². The van der Waals surface area contributed by atoms with Crippen LogP contribution in [0.4, 0.5) is 0 Å². The third-order valence-electron chi connectivity index (χ3n) is 11.2. The molecule has 10 atom stereocenters. The second-order valence-corrected chi connectivity index (χ2v) is 13.6. The number of aliphatic hydroxyl groups excluding tert-OH is 2. The van der Waals surface area contributed by atoms with Gasteiger partial charge in [-0.1, -0.05) is 51.5 Å². The summed E-state index contributed by atoms with van der Waals surface area (Å²) < 4.78 is 11.8. The Bertz CT molecular complexity index is 954. The van der Waals surface area contributed by atoms with Gasteiger partial charge in [0.15, 0.2) is 0 Å². The molecule has 214 valence electrons. The molecular weight excluding hydrogens is 480 g/mol. The summed E-state index contributed by atoms with van der Waals surface area (Å²) in [6, 6.07) is 0. The molecule has 4 aliphatic rings. The van der Waals surface area contributed by atoms with Gasteiger partial charge in [0, 0.05) is 31.6 Å². The van der Waals surface area contributed by atoms with Crippen LogP contribution in [0.2, 0.25) is 0 Å². The summed E-state index contributed by atoms with van der Waals surface area (Å²) in [5, 5.41) is 21.8. The van der Waals surface area contributed by atoms with Crippen LogP contribution in [-0.4, -0.2) is 47.1 Å². The number of ether oxygens (including phenoxy) is 2. The van der Waals surface area contributed by atoms with E-state index in [1.54, 1.807) is 0 Å². The van der Waals surface area contributed by atoms with Gasteiger partial charge < -0.3 is 19.7 Å². The number of hydrogen-bond donors (Lipinski definition) is 2. The molecule has 0 bridgehead atoms. The standard InChI is InChI=1S/C32H50O6/c1-18(2)19(3)8-9-22(17-37-20(4)33)26-12-13-27-25-11-10-23-14-24(35)15-29(36)32(23,7)30(25)28(38-21(5)34)16-31(26,27)6/h10,18,22,24-30,35-36H,3,8-9,11-17H2,1-2,4-7H3. The SMILES string of the molecule is C=C(CCC(COC(C)=O)C1CCC2C3CC=C4CC(O)CC(O)C4(C)C3C(OC(C)=O)CC12C)C(C)C. The lowest BCUT2D eigenvalue weighted by Crippen LogP contribution is -2.61. The number of carbonyl (C=O) groups excluding carboxylic acids is 2. The average molecular weight is 531 g/mol. The lowest BCUT2D eigenvalue weighted by atomic mass is 9.45. The van der Waals surface area contributed by atoms with E-state index < -0.39 is 17.6 Å². The summed E-state index contributed by atoms with van der Waals surface area (Å²) >= 11 is 0. The molecule has 2 N–H and O–H groups in total. The minimum atomic E-state index is -0.663. The number of fused-ring (bicyclic) bond motifs is 5. The topological polar surface area (TPSA) is 93.1 Å². The van der Waals surface area contributed by atoms with Gasteiger partial charge >= 0.3 is 11.9 Å². The number of allylic oxidation sites excluding steroid dienone is 2. The molecule has 4 rings (SSSR count). The summed E-state index contributed by atoms with van der Waals surface area (Å²) in [7, 11) is 0. The summed E-state index contributed by atoms with van der Waals surface area (Å²) in [5.74, 6) is 1.22. The smallest absolute Gasteiger partial charge is 0.302 e. The molecule has 0 amide bonds. The van der Waals surface area contributed by atoms with Crippen LogP contribution in [0.5, 0.6) is 0 Å². The van der Waals surface area contributed by atoms with Crippen molar-refractivity contribution in [1.29, 1.82) is 0 Å². The lowest BCUT2D eigenvalue weighted by Gasteiger charge is -2.61. The van der Waals surface area contributed by atoms with E-state index in [1.165, 1.54) is 19.4 Å². The third kappa shape index (κ3) is 5.24. The first-order chi connectivity index (χ1) is 17.8. The second-order valence-electron chi connectivity index (χ2n) is 13.6. The molecule has 0 saturated heterocycles. The highest BCUT2D eigenvalue weighted by Gasteiger charge is 2.65. The van der Waals surface area contributed by atoms with Crippen molar-refractivity contribution in [2.75, 3.05) is 6.61 Å². The lowest BCUT2D eigenvalue weighted by molar-refractivity contribution is -0.188. The molecule has 6 heteroatoms. The Kier molecular flexibility index (Phi) is 8.55. The molecule has 0 aromatic heterocycles. The summed E-state index contributed by atoms with van der Waals surface area (Å²) in [4.78, 5) is 24.2. The first-order valence-electron chi connectivity index (χ1n) is 14.8. The summed E-state index contributed by atoms with van der Waals surface area (Å²) in [6.07, 6.45) is 7.38. The van der Waals surface area contributed by atoms with Gasteiger partial charge in [0.1, 0.15) is 6.10 Å². The molecular formula is C32H50O6. The van der Waals surface area contributed by atoms with E-state index in [1.807, 2.05) is 0 Å². The minimum absolute atomic E-state index is 0.0263. The highest BCUT2D eigenvalue weighted by Crippen LogP contribution is 2.68. The van der Waals surface area contributed by atoms with Crippen LogP contribution >= 0.6 is 0 Å². The maximum absolute atomic E-state index is 12.4. The Labute approximate surface area is 229 Å². The number of hydrogen-bond acceptors (Lipinski definition) is 6. The molecule has 0 radical (unpaired) electrons. The minimum Gasteiger partial charge on any atom is -0.466 e. The second kappa shape index (κ2) is 11.1. The van der Waals surface area contributed by atoms with Crippen molar-refractivity contribution in [3.8, 4) is 0 Å². The number of rotatable bonds is 8. The molecule has 0 heterocycles. The average Bonchev–Trinajstić information content (AvgIpc) is 3.15. The Morgan fingerprint density at radius 1 is 1.16 bits per heavy atom. The Balaban J connectivity index is 1.68. The maximum atomic E-state index is 12.4. The highest BCUT2D eigenvalue weighted by atomic mass is 16.5. The fourth-order valence-corrected chi connectivity index (χ4v) is 9.21. The molecule has 0 aliphatic heterocycles. The van der Waals surface area contributed by atoms with Crippen molar-refractivity contribution in [3.63, 3.8) is 0 Å². The first kappa shape index (κ1) is 29.3. The fraction of sp³-hybridized carbons (Fsp3) is 0.812. The van der Waals surface area contributed by atoms with Gasteiger partial charge in [0.2, 0.25) is 0 Å². The molecule has 0 aromatic carbocycles. The molecule has 10 unspecified atom stereocenters. The number of esters is 2. The normalized spacial score (nSPS) is 40.9. The largest absolute Gasteiger partial charge is 0.466 e. The summed E-state index contributed by atoms with van der Waals surface area (Å²) in [5.41, 5.74) is 1.78. The van der Waals surface area contributed by atoms with E-state index in [0.717, 1.165) is 44.1 Å². The highest BCUT2D eigenvalue weighted by molar-refractivity contribution is 5.66. The van der Waals surface area contributed by atoms with E-state index in [9.17, 15) is 19.8 Å². The Morgan fingerprint density at radius 2 is 1.87 bits per heavy atom. The van der Waals surface area contributed by atoms with Crippen LogP contribution in [0.15, 0.2) is 23.8 Å². The predicted octanol–water partition coefficient (Wildman–Crippen LogP) is 5.61. The summed E-state index contributed by atoms with van der Waals surface area (Å²) in [6.45, 7) is 16.5. The molecule has 6 nitrogen and oxygen atoms in total. The van der Waals surface area contributed by atoms with Crippen molar-refractivity contribution in [1.82, 2.24) is 0 Å². The third-order valence-corrected chi connectivity index (χ3v) is 11.2. The van der Waals surface area contributed by atoms with E-state index in [-0.39, 0.29) is 35.3 Å². The monoisotopic (exact) mass is 530 g/mol. The molecule has 0 aromatic rings. The Morgan fingerprint density at radius 3 is 2.50 bits per heavy atom. The van der Waals surface area contributed by atoms with Crippen LogP contribution in [0, 0.1) is 46.3 Å². The van der Waals surface area contributed by atoms with Gasteiger partial charge in [-0.15, -0.1) is 0 Å². The molecule has 3 fully saturated rings. The van der Waals surface area contributed by atoms with Crippen LogP contribution in [0.25, 0.3) is 0 Å². The zero-order valence-electron chi connectivity index (χ0n) is 24.4. The zero-order valence-corrected chi connectivity index (χ0v) is 24.4.